The third-order valence-corrected chi connectivity index (χ3v) is 4.47. The third kappa shape index (κ3) is 4.45. The Hall–Kier alpha value is -1.60. The van der Waals surface area contributed by atoms with E-state index in [1.807, 2.05) is 18.7 Å². The van der Waals surface area contributed by atoms with Crippen LogP contribution in [-0.4, -0.2) is 66.8 Å². The number of oxazole rings is 1. The van der Waals surface area contributed by atoms with Crippen LogP contribution < -0.4 is 5.32 Å². The van der Waals surface area contributed by atoms with Gasteiger partial charge in [0.15, 0.2) is 0 Å². The largest absolute Gasteiger partial charge is 0.428 e. The molecule has 1 aliphatic heterocycles. The van der Waals surface area contributed by atoms with E-state index >= 15 is 0 Å². The normalized spacial score (nSPS) is 22.1. The molecular formula is C16H26N4O3. The van der Waals surface area contributed by atoms with E-state index < -0.39 is 0 Å². The molecule has 1 aromatic heterocycles. The number of ether oxygens (including phenoxy) is 1. The number of urea groups is 1. The van der Waals surface area contributed by atoms with Crippen LogP contribution in [0.4, 0.5) is 10.8 Å². The number of anilines is 1. The van der Waals surface area contributed by atoms with E-state index in [-0.39, 0.29) is 18.1 Å². The van der Waals surface area contributed by atoms with E-state index in [2.05, 4.69) is 22.2 Å². The summed E-state index contributed by atoms with van der Waals surface area (Å²) in [4.78, 5) is 20.9. The van der Waals surface area contributed by atoms with E-state index in [0.29, 0.717) is 12.5 Å². The quantitative estimate of drug-likeness (QED) is 0.896. The molecule has 2 amide bonds. The average molecular weight is 322 g/mol. The van der Waals surface area contributed by atoms with E-state index in [1.165, 1.54) is 12.8 Å². The number of carbonyl (C=O) groups is 1. The number of likely N-dealkylation sites (N-methyl/N-ethyl adjacent to an activating group) is 1. The lowest BCUT2D eigenvalue weighted by molar-refractivity contribution is -0.0302. The Kier molecular flexibility index (Phi) is 4.87. The number of carbonyl (C=O) groups excluding carboxylic acids is 1. The van der Waals surface area contributed by atoms with E-state index in [4.69, 9.17) is 9.15 Å². The van der Waals surface area contributed by atoms with Crippen molar-refractivity contribution >= 4 is 12.0 Å². The molecule has 0 spiro atoms. The van der Waals surface area contributed by atoms with Crippen LogP contribution in [0.2, 0.25) is 0 Å². The maximum absolute atomic E-state index is 12.6. The summed E-state index contributed by atoms with van der Waals surface area (Å²) in [6.45, 7) is 7.59. The molecule has 0 unspecified atom stereocenters. The summed E-state index contributed by atoms with van der Waals surface area (Å²) in [7, 11) is 2.08. The molecule has 0 aromatic carbocycles. The first-order valence-electron chi connectivity index (χ1n) is 8.31. The van der Waals surface area contributed by atoms with E-state index in [9.17, 15) is 4.79 Å². The molecule has 0 radical (unpaired) electrons. The molecule has 2 fully saturated rings. The summed E-state index contributed by atoms with van der Waals surface area (Å²) in [5, 5.41) is 2.78. The molecule has 1 saturated heterocycles. The Morgan fingerprint density at radius 3 is 2.78 bits per heavy atom. The molecule has 2 heterocycles. The maximum Gasteiger partial charge on any atom is 0.325 e. The molecule has 0 bridgehead atoms. The SMILES string of the molecule is Cc1nc(NC(=O)N(CC2CC2)C[C@H]2CN(C)CCO2)oc1C. The van der Waals surface area contributed by atoms with Crippen LogP contribution in [0.3, 0.4) is 0 Å². The van der Waals surface area contributed by atoms with Gasteiger partial charge in [0, 0.05) is 26.2 Å². The first-order chi connectivity index (χ1) is 11.0. The summed E-state index contributed by atoms with van der Waals surface area (Å²) in [5.41, 5.74) is 0.797. The van der Waals surface area contributed by atoms with Gasteiger partial charge in [-0.15, -0.1) is 0 Å². The number of nitrogens with zero attached hydrogens (tertiary/aromatic N) is 3. The van der Waals surface area contributed by atoms with E-state index in [1.54, 1.807) is 0 Å². The van der Waals surface area contributed by atoms with Crippen molar-refractivity contribution in [2.75, 3.05) is 45.2 Å². The van der Waals surface area contributed by atoms with Gasteiger partial charge in [0.25, 0.3) is 0 Å². The highest BCUT2D eigenvalue weighted by molar-refractivity contribution is 5.87. The Bertz CT molecular complexity index is 536. The number of nitrogens with one attached hydrogen (secondary N) is 1. The lowest BCUT2D eigenvalue weighted by Crippen LogP contribution is -2.49. The average Bonchev–Trinajstić information content (AvgIpc) is 3.24. The third-order valence-electron chi connectivity index (χ3n) is 4.47. The maximum atomic E-state index is 12.6. The fraction of sp³-hybridized carbons (Fsp3) is 0.750. The number of hydrogen-bond donors (Lipinski definition) is 1. The van der Waals surface area contributed by atoms with Crippen molar-refractivity contribution in [2.45, 2.75) is 32.8 Å². The molecule has 23 heavy (non-hydrogen) atoms. The highest BCUT2D eigenvalue weighted by Gasteiger charge is 2.30. The number of aryl methyl sites for hydroxylation is 2. The second-order valence-corrected chi connectivity index (χ2v) is 6.69. The van der Waals surface area contributed by atoms with Gasteiger partial charge in [0.2, 0.25) is 0 Å². The first-order valence-corrected chi connectivity index (χ1v) is 8.31. The fourth-order valence-electron chi connectivity index (χ4n) is 2.77. The van der Waals surface area contributed by atoms with Gasteiger partial charge in [-0.25, -0.2) is 4.79 Å². The molecule has 1 N–H and O–H groups in total. The van der Waals surface area contributed by atoms with Crippen molar-refractivity contribution < 1.29 is 13.9 Å². The number of amides is 2. The highest BCUT2D eigenvalue weighted by atomic mass is 16.5. The van der Waals surface area contributed by atoms with Crippen molar-refractivity contribution in [2.24, 2.45) is 5.92 Å². The molecule has 128 valence electrons. The van der Waals surface area contributed by atoms with E-state index in [0.717, 1.165) is 37.7 Å². The van der Waals surface area contributed by atoms with Crippen LogP contribution in [0.1, 0.15) is 24.3 Å². The van der Waals surface area contributed by atoms with Crippen molar-refractivity contribution in [1.29, 1.82) is 0 Å². The number of morpholine rings is 1. The summed E-state index contributed by atoms with van der Waals surface area (Å²) < 4.78 is 11.3. The van der Waals surface area contributed by atoms with Gasteiger partial charge in [-0.1, -0.05) is 0 Å². The predicted molar refractivity (Wildman–Crippen MR) is 86.5 cm³/mol. The molecule has 1 aliphatic carbocycles. The fourth-order valence-corrected chi connectivity index (χ4v) is 2.77. The van der Waals surface area contributed by atoms with Gasteiger partial charge < -0.3 is 19.0 Å². The molecule has 2 aliphatic rings. The minimum absolute atomic E-state index is 0.0614. The van der Waals surface area contributed by atoms with Crippen molar-refractivity contribution in [3.05, 3.63) is 11.5 Å². The molecular weight excluding hydrogens is 296 g/mol. The summed E-state index contributed by atoms with van der Waals surface area (Å²) >= 11 is 0. The molecule has 1 aromatic rings. The van der Waals surface area contributed by atoms with Crippen LogP contribution >= 0.6 is 0 Å². The zero-order chi connectivity index (χ0) is 16.4. The van der Waals surface area contributed by atoms with Crippen LogP contribution in [0, 0.1) is 19.8 Å². The lowest BCUT2D eigenvalue weighted by atomic mass is 10.2. The molecule has 7 nitrogen and oxygen atoms in total. The number of aromatic nitrogens is 1. The summed E-state index contributed by atoms with van der Waals surface area (Å²) in [6, 6.07) is 0.113. The first kappa shape index (κ1) is 16.3. The van der Waals surface area contributed by atoms with Gasteiger partial charge in [-0.2, -0.15) is 4.98 Å². The standard InChI is InChI=1S/C16H26N4O3/c1-11-12(2)23-15(17-11)18-16(21)20(8-13-4-5-13)10-14-9-19(3)6-7-22-14/h13-14H,4-10H2,1-3H3,(H,17,18,21)/t14-/m1/s1. The Balaban J connectivity index is 1.61. The molecule has 7 heteroatoms. The van der Waals surface area contributed by atoms with Crippen LogP contribution in [0.15, 0.2) is 4.42 Å². The molecule has 1 atom stereocenters. The summed E-state index contributed by atoms with van der Waals surface area (Å²) in [5.74, 6) is 1.35. The van der Waals surface area contributed by atoms with Gasteiger partial charge in [-0.05, 0) is 39.7 Å². The van der Waals surface area contributed by atoms with Crippen molar-refractivity contribution in [3.8, 4) is 0 Å². The Morgan fingerprint density at radius 1 is 1.39 bits per heavy atom. The number of hydrogen-bond acceptors (Lipinski definition) is 5. The minimum Gasteiger partial charge on any atom is -0.428 e. The van der Waals surface area contributed by atoms with Gasteiger partial charge >= 0.3 is 12.0 Å². The van der Waals surface area contributed by atoms with Crippen molar-refractivity contribution in [3.63, 3.8) is 0 Å². The number of rotatable bonds is 5. The van der Waals surface area contributed by atoms with Crippen LogP contribution in [-0.2, 0) is 4.74 Å². The minimum atomic E-state index is -0.157. The summed E-state index contributed by atoms with van der Waals surface area (Å²) in [6.07, 6.45) is 2.46. The van der Waals surface area contributed by atoms with Gasteiger partial charge in [0.1, 0.15) is 5.76 Å². The molecule has 3 rings (SSSR count). The second-order valence-electron chi connectivity index (χ2n) is 6.69. The van der Waals surface area contributed by atoms with Crippen molar-refractivity contribution in [1.82, 2.24) is 14.8 Å². The predicted octanol–water partition coefficient (Wildman–Crippen LogP) is 1.87. The smallest absolute Gasteiger partial charge is 0.325 e. The topological polar surface area (TPSA) is 70.8 Å². The zero-order valence-corrected chi connectivity index (χ0v) is 14.2. The monoisotopic (exact) mass is 322 g/mol. The highest BCUT2D eigenvalue weighted by Crippen LogP contribution is 2.30. The van der Waals surface area contributed by atoms with Gasteiger partial charge in [0.05, 0.1) is 18.4 Å². The van der Waals surface area contributed by atoms with Gasteiger partial charge in [-0.3, -0.25) is 5.32 Å². The second kappa shape index (κ2) is 6.88. The Morgan fingerprint density at radius 2 is 2.17 bits per heavy atom. The molecule has 1 saturated carbocycles. The lowest BCUT2D eigenvalue weighted by Gasteiger charge is -2.33. The van der Waals surface area contributed by atoms with Crippen LogP contribution in [0.5, 0.6) is 0 Å². The zero-order valence-electron chi connectivity index (χ0n) is 14.2. The van der Waals surface area contributed by atoms with Crippen LogP contribution in [0.25, 0.3) is 0 Å². The Labute approximate surface area is 137 Å².